The summed E-state index contributed by atoms with van der Waals surface area (Å²) in [5, 5.41) is 10.5. The largest absolute Gasteiger partial charge is 0.488 e. The van der Waals surface area contributed by atoms with Crippen LogP contribution in [0, 0.1) is 11.3 Å². The van der Waals surface area contributed by atoms with Gasteiger partial charge in [0.05, 0.1) is 40.1 Å². The van der Waals surface area contributed by atoms with Crippen LogP contribution in [0.4, 0.5) is 0 Å². The van der Waals surface area contributed by atoms with Crippen molar-refractivity contribution in [1.29, 1.82) is 5.26 Å². The molecule has 0 unspecified atom stereocenters. The van der Waals surface area contributed by atoms with Gasteiger partial charge < -0.3 is 9.47 Å². The molecule has 1 aliphatic rings. The Kier molecular flexibility index (Phi) is 9.18. The molecule has 0 bridgehead atoms. The molecule has 0 fully saturated rings. The lowest BCUT2D eigenvalue weighted by Crippen LogP contribution is -2.40. The van der Waals surface area contributed by atoms with E-state index in [2.05, 4.69) is 6.07 Å². The zero-order valence-corrected chi connectivity index (χ0v) is 26.8. The van der Waals surface area contributed by atoms with Crippen molar-refractivity contribution >= 4 is 52.3 Å². The van der Waals surface area contributed by atoms with E-state index in [0.717, 1.165) is 5.56 Å². The smallest absolute Gasteiger partial charge is 0.338 e. The van der Waals surface area contributed by atoms with Crippen LogP contribution in [0.1, 0.15) is 40.8 Å². The molecule has 0 radical (unpaired) electrons. The quantitative estimate of drug-likeness (QED) is 0.172. The van der Waals surface area contributed by atoms with Crippen LogP contribution in [0.2, 0.25) is 10.0 Å². The summed E-state index contributed by atoms with van der Waals surface area (Å²) in [6.45, 7) is 2.03. The Bertz CT molecular complexity index is 2200. The van der Waals surface area contributed by atoms with Gasteiger partial charge >= 0.3 is 5.97 Å². The first-order chi connectivity index (χ1) is 22.4. The van der Waals surface area contributed by atoms with E-state index in [-0.39, 0.29) is 24.3 Å². The molecule has 7 nitrogen and oxygen atoms in total. The highest BCUT2D eigenvalue weighted by atomic mass is 35.5. The fraction of sp³-hybridized carbons (Fsp3) is 0.111. The second-order valence-electron chi connectivity index (χ2n) is 10.2. The summed E-state index contributed by atoms with van der Waals surface area (Å²) in [5.41, 5.74) is 3.53. The predicted molar refractivity (Wildman–Crippen MR) is 179 cm³/mol. The van der Waals surface area contributed by atoms with E-state index in [4.69, 9.17) is 37.7 Å². The number of rotatable bonds is 8. The van der Waals surface area contributed by atoms with Crippen molar-refractivity contribution in [3.05, 3.63) is 160 Å². The summed E-state index contributed by atoms with van der Waals surface area (Å²) in [6.07, 6.45) is 1.70. The lowest BCUT2D eigenvalue weighted by Gasteiger charge is -2.25. The summed E-state index contributed by atoms with van der Waals surface area (Å²) < 4.78 is 13.5. The Morgan fingerprint density at radius 2 is 1.72 bits per heavy atom. The number of carbonyl (C=O) groups excluding carboxylic acids is 1. The van der Waals surface area contributed by atoms with Crippen molar-refractivity contribution in [2.75, 3.05) is 6.61 Å². The Morgan fingerprint density at radius 1 is 1.00 bits per heavy atom. The van der Waals surface area contributed by atoms with E-state index >= 15 is 0 Å². The number of hydrogen-bond acceptors (Lipinski definition) is 7. The number of nitrogens with zero attached hydrogens (tertiary/aromatic N) is 3. The van der Waals surface area contributed by atoms with Crippen LogP contribution < -0.4 is 19.6 Å². The first kappa shape index (κ1) is 31.1. The van der Waals surface area contributed by atoms with E-state index in [9.17, 15) is 14.9 Å². The molecular weight excluding hydrogens is 641 g/mol. The molecule has 4 aromatic carbocycles. The highest BCUT2D eigenvalue weighted by molar-refractivity contribution is 7.07. The van der Waals surface area contributed by atoms with Crippen LogP contribution in [-0.4, -0.2) is 17.1 Å². The molecule has 0 saturated carbocycles. The highest BCUT2D eigenvalue weighted by Gasteiger charge is 2.35. The van der Waals surface area contributed by atoms with Gasteiger partial charge in [-0.1, -0.05) is 95.2 Å². The molecule has 228 valence electrons. The number of hydrogen-bond donors (Lipinski definition) is 0. The molecule has 2 heterocycles. The van der Waals surface area contributed by atoms with Gasteiger partial charge in [-0.3, -0.25) is 9.36 Å². The van der Waals surface area contributed by atoms with Crippen LogP contribution in [0.15, 0.2) is 112 Å². The van der Waals surface area contributed by atoms with E-state index in [1.807, 2.05) is 42.5 Å². The van der Waals surface area contributed by atoms with E-state index < -0.39 is 12.0 Å². The van der Waals surface area contributed by atoms with E-state index in [0.29, 0.717) is 53.1 Å². The number of ether oxygens (including phenoxy) is 2. The molecule has 1 aromatic heterocycles. The summed E-state index contributed by atoms with van der Waals surface area (Å²) >= 11 is 13.8. The number of benzene rings is 4. The maximum Gasteiger partial charge on any atom is 0.338 e. The van der Waals surface area contributed by atoms with Gasteiger partial charge in [-0.15, -0.1) is 0 Å². The predicted octanol–water partition coefficient (Wildman–Crippen LogP) is 6.69. The number of aromatic nitrogens is 1. The SMILES string of the molecule is CCOC(=O)C1=C(c2ccccc2)N=c2s/c(=C\c3cc(Cl)ccc3OCc3ccccc3C#N)c(=O)n2[C@@H]1c1ccc(Cl)cc1. The van der Waals surface area contributed by atoms with Crippen molar-refractivity contribution in [2.45, 2.75) is 19.6 Å². The first-order valence-electron chi connectivity index (χ1n) is 14.3. The van der Waals surface area contributed by atoms with Gasteiger partial charge in [0, 0.05) is 26.7 Å². The number of esters is 1. The van der Waals surface area contributed by atoms with Gasteiger partial charge in [-0.25, -0.2) is 9.79 Å². The van der Waals surface area contributed by atoms with Gasteiger partial charge in [-0.05, 0) is 55.0 Å². The number of thiazole rings is 1. The maximum atomic E-state index is 14.3. The summed E-state index contributed by atoms with van der Waals surface area (Å²) in [5.74, 6) is -0.0862. The van der Waals surface area contributed by atoms with Gasteiger partial charge in [-0.2, -0.15) is 5.26 Å². The molecule has 6 rings (SSSR count). The standard InChI is InChI=1S/C36H25Cl2N3O4S/c1-2-44-35(43)31-32(22-8-4-3-5-9-22)40-36-41(33(31)23-12-14-27(37)15-13-23)34(42)30(46-36)19-26-18-28(38)16-17-29(26)45-21-25-11-7-6-10-24(25)20-39/h3-19,33H,2,21H2,1H3/b30-19-/t33-/m1/s1. The molecule has 1 aliphatic heterocycles. The van der Waals surface area contributed by atoms with Crippen LogP contribution in [0.5, 0.6) is 5.75 Å². The molecule has 0 aliphatic carbocycles. The molecule has 0 N–H and O–H groups in total. The molecule has 0 saturated heterocycles. The summed E-state index contributed by atoms with van der Waals surface area (Å²) in [6, 6.07) is 30.0. The van der Waals surface area contributed by atoms with Crippen LogP contribution in [-0.2, 0) is 16.1 Å². The summed E-state index contributed by atoms with van der Waals surface area (Å²) in [4.78, 5) is 33.2. The zero-order valence-electron chi connectivity index (χ0n) is 24.4. The average molecular weight is 667 g/mol. The van der Waals surface area contributed by atoms with Crippen molar-refractivity contribution in [3.8, 4) is 11.8 Å². The average Bonchev–Trinajstić information content (AvgIpc) is 3.38. The van der Waals surface area contributed by atoms with Crippen molar-refractivity contribution in [3.63, 3.8) is 0 Å². The second kappa shape index (κ2) is 13.6. The lowest BCUT2D eigenvalue weighted by molar-refractivity contribution is -0.138. The minimum Gasteiger partial charge on any atom is -0.488 e. The number of halogens is 2. The van der Waals surface area contributed by atoms with Gasteiger partial charge in [0.15, 0.2) is 4.80 Å². The first-order valence-corrected chi connectivity index (χ1v) is 15.9. The Hall–Kier alpha value is -4.94. The van der Waals surface area contributed by atoms with Crippen LogP contribution in [0.25, 0.3) is 11.8 Å². The zero-order chi connectivity index (χ0) is 32.2. The molecular formula is C36H25Cl2N3O4S. The molecule has 0 spiro atoms. The topological polar surface area (TPSA) is 93.7 Å². The van der Waals surface area contributed by atoms with Crippen LogP contribution >= 0.6 is 34.5 Å². The normalized spacial score (nSPS) is 14.3. The van der Waals surface area contributed by atoms with Gasteiger partial charge in [0.25, 0.3) is 5.56 Å². The molecule has 46 heavy (non-hydrogen) atoms. The molecule has 10 heteroatoms. The van der Waals surface area contributed by atoms with Gasteiger partial charge in [0.2, 0.25) is 0 Å². The monoisotopic (exact) mass is 665 g/mol. The highest BCUT2D eigenvalue weighted by Crippen LogP contribution is 2.35. The van der Waals surface area contributed by atoms with Crippen molar-refractivity contribution in [1.82, 2.24) is 4.57 Å². The van der Waals surface area contributed by atoms with Crippen molar-refractivity contribution in [2.24, 2.45) is 4.99 Å². The molecule has 1 atom stereocenters. The Morgan fingerprint density at radius 3 is 2.46 bits per heavy atom. The van der Waals surface area contributed by atoms with Crippen molar-refractivity contribution < 1.29 is 14.3 Å². The third-order valence-electron chi connectivity index (χ3n) is 7.34. The molecule has 0 amide bonds. The van der Waals surface area contributed by atoms with E-state index in [1.54, 1.807) is 67.6 Å². The Labute approximate surface area is 278 Å². The van der Waals surface area contributed by atoms with E-state index in [1.165, 1.54) is 15.9 Å². The summed E-state index contributed by atoms with van der Waals surface area (Å²) in [7, 11) is 0. The minimum atomic E-state index is -0.831. The number of nitriles is 1. The fourth-order valence-electron chi connectivity index (χ4n) is 5.22. The lowest BCUT2D eigenvalue weighted by atomic mass is 9.93. The Balaban J connectivity index is 1.53. The minimum absolute atomic E-state index is 0.146. The third-order valence-corrected chi connectivity index (χ3v) is 8.81. The van der Waals surface area contributed by atoms with Gasteiger partial charge in [0.1, 0.15) is 12.4 Å². The second-order valence-corrected chi connectivity index (χ2v) is 12.1. The maximum absolute atomic E-state index is 14.3. The third kappa shape index (κ3) is 6.26. The van der Waals surface area contributed by atoms with Crippen LogP contribution in [0.3, 0.4) is 0 Å². The molecule has 5 aromatic rings. The fourth-order valence-corrected chi connectivity index (χ4v) is 6.51. The number of carbonyl (C=O) groups is 1. The number of fused-ring (bicyclic) bond motifs is 1.